The van der Waals surface area contributed by atoms with Crippen LogP contribution in [-0.4, -0.2) is 73.7 Å². The molecule has 28 heavy (non-hydrogen) atoms. The molecule has 5 heteroatoms. The Labute approximate surface area is 176 Å². The molecule has 1 radical (unpaired) electrons. The summed E-state index contributed by atoms with van der Waals surface area (Å²) >= 11 is 0. The van der Waals surface area contributed by atoms with Gasteiger partial charge in [0, 0.05) is 38.1 Å². The number of piperidine rings is 1. The molecule has 2 rings (SSSR count). The summed E-state index contributed by atoms with van der Waals surface area (Å²) in [6.45, 7) is 25.1. The molecule has 0 aromatic carbocycles. The number of carbonyl (C=O) groups is 1. The number of carbonyl (C=O) groups excluding carboxylic acids is 1. The van der Waals surface area contributed by atoms with Crippen LogP contribution in [0, 0.1) is 16.7 Å². The standard InChI is InChI=1S/C20H39BN3O.C3H8/c1-19(2,3)16-20(4,5)18(25)23-9-7-17(8-10-23)15-22-11-13-24(21-6)14-12-22;1-3-2/h17H,7-16H2,1-6H3;3H2,1-2H3. The molecular weight excluding hydrogens is 345 g/mol. The van der Waals surface area contributed by atoms with Gasteiger partial charge in [-0.2, -0.15) is 0 Å². The molecular formula is C23H47BN3O. The van der Waals surface area contributed by atoms with Crippen LogP contribution < -0.4 is 0 Å². The van der Waals surface area contributed by atoms with E-state index in [1.165, 1.54) is 26.1 Å². The van der Waals surface area contributed by atoms with Crippen molar-refractivity contribution in [3.05, 3.63) is 0 Å². The second kappa shape index (κ2) is 11.6. The van der Waals surface area contributed by atoms with E-state index in [2.05, 4.69) is 77.3 Å². The average molecular weight is 392 g/mol. The van der Waals surface area contributed by atoms with Crippen LogP contribution in [0.2, 0.25) is 6.82 Å². The molecule has 2 heterocycles. The van der Waals surface area contributed by atoms with Crippen LogP contribution >= 0.6 is 0 Å². The molecule has 0 aromatic rings. The predicted octanol–water partition coefficient (Wildman–Crippen LogP) is 4.39. The van der Waals surface area contributed by atoms with E-state index in [0.29, 0.717) is 5.91 Å². The molecule has 2 saturated heterocycles. The van der Waals surface area contributed by atoms with Gasteiger partial charge >= 0.3 is 0 Å². The maximum atomic E-state index is 13.0. The minimum absolute atomic E-state index is 0.190. The Balaban J connectivity index is 0.00000122. The van der Waals surface area contributed by atoms with E-state index in [1.54, 1.807) is 0 Å². The summed E-state index contributed by atoms with van der Waals surface area (Å²) in [6.07, 6.45) is 4.52. The van der Waals surface area contributed by atoms with E-state index in [0.717, 1.165) is 51.4 Å². The van der Waals surface area contributed by atoms with Crippen LogP contribution in [-0.2, 0) is 4.79 Å². The maximum absolute atomic E-state index is 13.0. The number of likely N-dealkylation sites (tertiary alicyclic amines) is 1. The third-order valence-corrected chi connectivity index (χ3v) is 5.74. The van der Waals surface area contributed by atoms with Crippen molar-refractivity contribution in [2.45, 2.75) is 81.0 Å². The van der Waals surface area contributed by atoms with Crippen LogP contribution in [0.1, 0.15) is 74.1 Å². The number of hydrogen-bond acceptors (Lipinski definition) is 3. The maximum Gasteiger partial charge on any atom is 0.228 e. The molecule has 2 aliphatic rings. The highest BCUT2D eigenvalue weighted by molar-refractivity contribution is 6.29. The summed E-state index contributed by atoms with van der Waals surface area (Å²) in [6, 6.07) is 0. The summed E-state index contributed by atoms with van der Waals surface area (Å²) in [5, 5.41) is 0. The zero-order valence-electron chi connectivity index (χ0n) is 20.2. The van der Waals surface area contributed by atoms with E-state index >= 15 is 0 Å². The lowest BCUT2D eigenvalue weighted by atomic mass is 9.75. The fourth-order valence-corrected chi connectivity index (χ4v) is 4.72. The van der Waals surface area contributed by atoms with Gasteiger partial charge in [-0.3, -0.25) is 4.79 Å². The van der Waals surface area contributed by atoms with Crippen molar-refractivity contribution in [1.29, 1.82) is 0 Å². The smallest absolute Gasteiger partial charge is 0.228 e. The van der Waals surface area contributed by atoms with Crippen molar-refractivity contribution >= 4 is 13.3 Å². The van der Waals surface area contributed by atoms with Gasteiger partial charge in [0.1, 0.15) is 0 Å². The van der Waals surface area contributed by atoms with Crippen molar-refractivity contribution < 1.29 is 4.79 Å². The molecule has 0 unspecified atom stereocenters. The van der Waals surface area contributed by atoms with Crippen LogP contribution in [0.4, 0.5) is 0 Å². The van der Waals surface area contributed by atoms with Crippen molar-refractivity contribution in [2.75, 3.05) is 45.8 Å². The fraction of sp³-hybridized carbons (Fsp3) is 0.957. The Morgan fingerprint density at radius 1 is 0.929 bits per heavy atom. The Hall–Kier alpha value is -0.545. The highest BCUT2D eigenvalue weighted by atomic mass is 16.2. The summed E-state index contributed by atoms with van der Waals surface area (Å²) < 4.78 is 0. The first kappa shape index (κ1) is 25.5. The van der Waals surface area contributed by atoms with Crippen molar-refractivity contribution in [1.82, 2.24) is 14.6 Å². The van der Waals surface area contributed by atoms with Crippen LogP contribution in [0.5, 0.6) is 0 Å². The summed E-state index contributed by atoms with van der Waals surface area (Å²) in [5.74, 6) is 1.11. The molecule has 0 saturated carbocycles. The molecule has 2 fully saturated rings. The van der Waals surface area contributed by atoms with Gasteiger partial charge in [0.25, 0.3) is 0 Å². The minimum Gasteiger partial charge on any atom is -0.345 e. The Morgan fingerprint density at radius 2 is 1.43 bits per heavy atom. The summed E-state index contributed by atoms with van der Waals surface area (Å²) in [5.41, 5.74) is -0.0619. The SMILES string of the molecule is CCC.C[B]N1CCN(CC2CCN(C(=O)C(C)(C)CC(C)(C)C)CC2)CC1. The van der Waals surface area contributed by atoms with Gasteiger partial charge in [0.15, 0.2) is 0 Å². The normalized spacial score (nSPS) is 20.5. The van der Waals surface area contributed by atoms with Crippen LogP contribution in [0.15, 0.2) is 0 Å². The molecule has 0 aromatic heterocycles. The largest absolute Gasteiger partial charge is 0.345 e. The number of piperazine rings is 1. The molecule has 0 N–H and O–H groups in total. The number of nitrogens with zero attached hydrogens (tertiary/aromatic N) is 3. The lowest BCUT2D eigenvalue weighted by Crippen LogP contribution is -2.50. The zero-order valence-corrected chi connectivity index (χ0v) is 20.2. The molecule has 163 valence electrons. The van der Waals surface area contributed by atoms with Gasteiger partial charge in [0.2, 0.25) is 13.3 Å². The third-order valence-electron chi connectivity index (χ3n) is 5.74. The van der Waals surface area contributed by atoms with E-state index in [9.17, 15) is 4.79 Å². The average Bonchev–Trinajstić information content (AvgIpc) is 2.61. The second-order valence-corrected chi connectivity index (χ2v) is 10.7. The zero-order chi connectivity index (χ0) is 21.4. The lowest BCUT2D eigenvalue weighted by molar-refractivity contribution is -0.143. The third kappa shape index (κ3) is 8.86. The minimum atomic E-state index is -0.252. The van der Waals surface area contributed by atoms with Crippen molar-refractivity contribution in [3.8, 4) is 0 Å². The van der Waals surface area contributed by atoms with E-state index < -0.39 is 0 Å². The van der Waals surface area contributed by atoms with Crippen molar-refractivity contribution in [2.24, 2.45) is 16.7 Å². The first-order valence-electron chi connectivity index (χ1n) is 11.6. The Morgan fingerprint density at radius 3 is 1.86 bits per heavy atom. The Kier molecular flexibility index (Phi) is 10.6. The predicted molar refractivity (Wildman–Crippen MR) is 123 cm³/mol. The van der Waals surface area contributed by atoms with Gasteiger partial charge in [-0.15, -0.1) is 0 Å². The van der Waals surface area contributed by atoms with E-state index in [1.807, 2.05) is 0 Å². The van der Waals surface area contributed by atoms with Gasteiger partial charge in [-0.25, -0.2) is 0 Å². The van der Waals surface area contributed by atoms with Gasteiger partial charge < -0.3 is 14.6 Å². The van der Waals surface area contributed by atoms with Crippen LogP contribution in [0.25, 0.3) is 0 Å². The van der Waals surface area contributed by atoms with Crippen LogP contribution in [0.3, 0.4) is 0 Å². The lowest BCUT2D eigenvalue weighted by Gasteiger charge is -2.41. The van der Waals surface area contributed by atoms with E-state index in [-0.39, 0.29) is 10.8 Å². The number of amides is 1. The molecule has 4 nitrogen and oxygen atoms in total. The van der Waals surface area contributed by atoms with Gasteiger partial charge in [-0.05, 0) is 43.7 Å². The topological polar surface area (TPSA) is 26.8 Å². The molecule has 1 amide bonds. The first-order chi connectivity index (χ1) is 13.0. The Bertz CT molecular complexity index is 445. The molecule has 0 atom stereocenters. The molecule has 0 aliphatic carbocycles. The van der Waals surface area contributed by atoms with Gasteiger partial charge in [-0.1, -0.05) is 61.7 Å². The summed E-state index contributed by atoms with van der Waals surface area (Å²) in [7, 11) is 2.21. The molecule has 0 bridgehead atoms. The highest BCUT2D eigenvalue weighted by Crippen LogP contribution is 2.35. The molecule has 2 aliphatic heterocycles. The van der Waals surface area contributed by atoms with Gasteiger partial charge in [0.05, 0.1) is 0 Å². The first-order valence-corrected chi connectivity index (χ1v) is 11.6. The summed E-state index contributed by atoms with van der Waals surface area (Å²) in [4.78, 5) is 20.1. The monoisotopic (exact) mass is 392 g/mol. The number of hydrogen-bond donors (Lipinski definition) is 0. The molecule has 0 spiro atoms. The highest BCUT2D eigenvalue weighted by Gasteiger charge is 2.37. The second-order valence-electron chi connectivity index (χ2n) is 10.7. The van der Waals surface area contributed by atoms with Crippen molar-refractivity contribution in [3.63, 3.8) is 0 Å². The number of rotatable bonds is 5. The quantitative estimate of drug-likeness (QED) is 0.650. The van der Waals surface area contributed by atoms with E-state index in [4.69, 9.17) is 0 Å². The fourth-order valence-electron chi connectivity index (χ4n) is 4.72.